The van der Waals surface area contributed by atoms with Gasteiger partial charge in [-0.05, 0) is 49.4 Å². The van der Waals surface area contributed by atoms with E-state index >= 15 is 0 Å². The molecule has 2 aromatic rings. The number of benzene rings is 2. The monoisotopic (exact) mass is 525 g/mol. The average Bonchev–Trinajstić information content (AvgIpc) is 3.16. The Bertz CT molecular complexity index is 1160. The van der Waals surface area contributed by atoms with E-state index < -0.39 is 29.0 Å². The van der Waals surface area contributed by atoms with E-state index in [1.165, 1.54) is 24.3 Å². The number of carbonyl (C=O) groups excluding carboxylic acids is 3. The van der Waals surface area contributed by atoms with Crippen molar-refractivity contribution >= 4 is 40.7 Å². The van der Waals surface area contributed by atoms with Crippen LogP contribution in [0.5, 0.6) is 11.5 Å². The van der Waals surface area contributed by atoms with E-state index in [4.69, 9.17) is 32.7 Å². The first-order valence-electron chi connectivity index (χ1n) is 11.2. The molecular formula is C25H23Cl2F2NO5. The average molecular weight is 526 g/mol. The molecule has 0 heterocycles. The van der Waals surface area contributed by atoms with E-state index in [0.717, 1.165) is 12.1 Å². The third-order valence-electron chi connectivity index (χ3n) is 6.55. The highest BCUT2D eigenvalue weighted by Gasteiger charge is 2.51. The maximum absolute atomic E-state index is 13.5. The summed E-state index contributed by atoms with van der Waals surface area (Å²) in [6.07, 6.45) is 2.08. The number of halogens is 4. The van der Waals surface area contributed by atoms with Gasteiger partial charge in [0.25, 0.3) is 5.91 Å². The first-order chi connectivity index (χ1) is 16.6. The van der Waals surface area contributed by atoms with Crippen LogP contribution < -0.4 is 14.8 Å². The molecule has 0 unspecified atom stereocenters. The number of amides is 1. The Balaban J connectivity index is 1.27. The maximum atomic E-state index is 13.5. The van der Waals surface area contributed by atoms with Crippen molar-refractivity contribution < 1.29 is 32.6 Å². The first kappa shape index (κ1) is 25.4. The molecule has 186 valence electrons. The van der Waals surface area contributed by atoms with Gasteiger partial charge >= 0.3 is 0 Å². The number of carbonyl (C=O) groups is 3. The Morgan fingerprint density at radius 3 is 2.20 bits per heavy atom. The highest BCUT2D eigenvalue weighted by molar-refractivity contribution is 6.31. The molecule has 3 atom stereocenters. The van der Waals surface area contributed by atoms with E-state index in [0.29, 0.717) is 19.3 Å². The molecule has 2 aromatic carbocycles. The number of ketones is 2. The molecule has 10 heteroatoms. The van der Waals surface area contributed by atoms with E-state index in [-0.39, 0.29) is 65.1 Å². The number of Topliss-reactive ketones (excluding diaryl/α,β-unsaturated/α-hetero) is 2. The largest absolute Gasteiger partial charge is 0.486 e. The Kier molecular flexibility index (Phi) is 7.62. The summed E-state index contributed by atoms with van der Waals surface area (Å²) < 4.78 is 37.7. The molecule has 0 spiro atoms. The summed E-state index contributed by atoms with van der Waals surface area (Å²) in [5, 5.41) is 2.83. The van der Waals surface area contributed by atoms with Crippen LogP contribution in [0, 0.1) is 23.5 Å². The minimum atomic E-state index is -0.662. The number of hydrogen-bond donors (Lipinski definition) is 1. The zero-order valence-corrected chi connectivity index (χ0v) is 20.1. The fourth-order valence-corrected chi connectivity index (χ4v) is 5.15. The fourth-order valence-electron chi connectivity index (χ4n) is 4.92. The lowest BCUT2D eigenvalue weighted by Crippen LogP contribution is -2.53. The molecule has 2 aliphatic rings. The summed E-state index contributed by atoms with van der Waals surface area (Å²) in [6.45, 7) is -0.603. The summed E-state index contributed by atoms with van der Waals surface area (Å²) >= 11 is 11.3. The van der Waals surface area contributed by atoms with Gasteiger partial charge in [0.1, 0.15) is 35.5 Å². The predicted molar refractivity (Wildman–Crippen MR) is 125 cm³/mol. The van der Waals surface area contributed by atoms with Gasteiger partial charge < -0.3 is 14.8 Å². The number of ether oxygens (including phenoxy) is 2. The van der Waals surface area contributed by atoms with E-state index in [1.54, 1.807) is 0 Å². The molecule has 0 aromatic heterocycles. The molecule has 2 saturated carbocycles. The Labute approximate surface area is 210 Å². The van der Waals surface area contributed by atoms with Crippen molar-refractivity contribution in [3.05, 3.63) is 58.1 Å². The Morgan fingerprint density at radius 1 is 1.00 bits per heavy atom. The molecule has 2 bridgehead atoms. The van der Waals surface area contributed by atoms with Gasteiger partial charge in [-0.25, -0.2) is 8.78 Å². The quantitative estimate of drug-likeness (QED) is 0.501. The maximum Gasteiger partial charge on any atom is 0.258 e. The standard InChI is InChI=1S/C25H23Cl2F2NO5/c26-19-3-1-16(8-21(19)28)34-12-15(31)7-18-14-5-6-25(10-14,11-23(18)32)30-24(33)13-35-17-2-4-20(27)22(29)9-17/h1-4,8-9,14,18H,5-7,10-13H2,(H,30,33)/t14-,18-,25-/m1/s1. The van der Waals surface area contributed by atoms with Crippen molar-refractivity contribution in [2.45, 2.75) is 37.6 Å². The first-order valence-corrected chi connectivity index (χ1v) is 11.9. The molecule has 2 fully saturated rings. The van der Waals surface area contributed by atoms with Crippen LogP contribution in [-0.4, -0.2) is 36.2 Å². The molecule has 0 saturated heterocycles. The second-order valence-electron chi connectivity index (χ2n) is 9.05. The molecule has 2 aliphatic carbocycles. The third kappa shape index (κ3) is 6.11. The van der Waals surface area contributed by atoms with Crippen LogP contribution in [0.4, 0.5) is 8.78 Å². The van der Waals surface area contributed by atoms with Gasteiger partial charge in [-0.15, -0.1) is 0 Å². The van der Waals surface area contributed by atoms with Crippen molar-refractivity contribution in [2.24, 2.45) is 11.8 Å². The van der Waals surface area contributed by atoms with Gasteiger partial charge in [0.2, 0.25) is 0 Å². The van der Waals surface area contributed by atoms with Crippen LogP contribution in [0.2, 0.25) is 10.0 Å². The van der Waals surface area contributed by atoms with Crippen molar-refractivity contribution in [1.82, 2.24) is 5.32 Å². The zero-order chi connectivity index (χ0) is 25.2. The summed E-state index contributed by atoms with van der Waals surface area (Å²) in [7, 11) is 0. The summed E-state index contributed by atoms with van der Waals surface area (Å²) in [5.41, 5.74) is -0.662. The lowest BCUT2D eigenvalue weighted by atomic mass is 9.73. The Hall–Kier alpha value is -2.71. The van der Waals surface area contributed by atoms with E-state index in [2.05, 4.69) is 5.32 Å². The lowest BCUT2D eigenvalue weighted by molar-refractivity contribution is -0.134. The molecule has 0 radical (unpaired) electrons. The van der Waals surface area contributed by atoms with Gasteiger partial charge in [0.05, 0.1) is 10.0 Å². The summed E-state index contributed by atoms with van der Waals surface area (Å²) in [5.74, 6) is -2.15. The van der Waals surface area contributed by atoms with Gasteiger partial charge in [-0.2, -0.15) is 0 Å². The van der Waals surface area contributed by atoms with Crippen molar-refractivity contribution in [3.63, 3.8) is 0 Å². The van der Waals surface area contributed by atoms with Gasteiger partial charge in [-0.1, -0.05) is 23.2 Å². The lowest BCUT2D eigenvalue weighted by Gasteiger charge is -2.36. The number of fused-ring (bicyclic) bond motifs is 2. The van der Waals surface area contributed by atoms with Crippen molar-refractivity contribution in [3.8, 4) is 11.5 Å². The smallest absolute Gasteiger partial charge is 0.258 e. The van der Waals surface area contributed by atoms with Gasteiger partial charge in [0.15, 0.2) is 12.4 Å². The summed E-state index contributed by atoms with van der Waals surface area (Å²) in [6, 6.07) is 7.80. The minimum Gasteiger partial charge on any atom is -0.486 e. The minimum absolute atomic E-state index is 0.0280. The van der Waals surface area contributed by atoms with Crippen LogP contribution >= 0.6 is 23.2 Å². The number of hydrogen-bond acceptors (Lipinski definition) is 5. The molecule has 35 heavy (non-hydrogen) atoms. The molecule has 4 rings (SSSR count). The Morgan fingerprint density at radius 2 is 1.60 bits per heavy atom. The van der Waals surface area contributed by atoms with Gasteiger partial charge in [0, 0.05) is 36.4 Å². The second kappa shape index (κ2) is 10.5. The second-order valence-corrected chi connectivity index (χ2v) is 9.87. The normalized spacial score (nSPS) is 23.1. The molecule has 0 aliphatic heterocycles. The highest BCUT2D eigenvalue weighted by Crippen LogP contribution is 2.47. The van der Waals surface area contributed by atoms with E-state index in [9.17, 15) is 23.2 Å². The highest BCUT2D eigenvalue weighted by atomic mass is 35.5. The fraction of sp³-hybridized carbons (Fsp3) is 0.400. The van der Waals surface area contributed by atoms with E-state index in [1.807, 2.05) is 0 Å². The molecule has 1 N–H and O–H groups in total. The van der Waals surface area contributed by atoms with Crippen molar-refractivity contribution in [2.75, 3.05) is 13.2 Å². The zero-order valence-electron chi connectivity index (χ0n) is 18.6. The van der Waals surface area contributed by atoms with Crippen LogP contribution in [0.1, 0.15) is 32.1 Å². The van der Waals surface area contributed by atoms with Gasteiger partial charge in [-0.3, -0.25) is 14.4 Å². The third-order valence-corrected chi connectivity index (χ3v) is 7.16. The summed E-state index contributed by atoms with van der Waals surface area (Å²) in [4.78, 5) is 37.8. The topological polar surface area (TPSA) is 81.7 Å². The number of nitrogens with one attached hydrogen (secondary N) is 1. The van der Waals surface area contributed by atoms with Crippen LogP contribution in [0.15, 0.2) is 36.4 Å². The predicted octanol–water partition coefficient (Wildman–Crippen LogP) is 4.93. The molecule has 1 amide bonds. The SMILES string of the molecule is O=C(COc1ccc(Cl)c(F)c1)C[C@H]1C(=O)C[C@@]2(NC(=O)COc3ccc(Cl)c(F)c3)CC[C@@H]1C2. The number of rotatable bonds is 9. The van der Waals surface area contributed by atoms with Crippen LogP contribution in [0.3, 0.4) is 0 Å². The van der Waals surface area contributed by atoms with Crippen molar-refractivity contribution in [1.29, 1.82) is 0 Å². The van der Waals surface area contributed by atoms with Crippen LogP contribution in [-0.2, 0) is 14.4 Å². The molecular weight excluding hydrogens is 503 g/mol. The molecule has 6 nitrogen and oxygen atoms in total. The van der Waals surface area contributed by atoms with Crippen LogP contribution in [0.25, 0.3) is 0 Å².